The molecule has 3 amide bonds. The van der Waals surface area contributed by atoms with Crippen molar-refractivity contribution in [2.24, 2.45) is 0 Å². The van der Waals surface area contributed by atoms with Crippen LogP contribution in [0.25, 0.3) is 0 Å². The molecule has 1 saturated carbocycles. The quantitative estimate of drug-likeness (QED) is 0.820. The molecule has 1 aliphatic heterocycles. The van der Waals surface area contributed by atoms with Crippen LogP contribution in [0, 0.1) is 5.82 Å². The predicted octanol–water partition coefficient (Wildman–Crippen LogP) is 3.95. The zero-order chi connectivity index (χ0) is 19.2. The largest absolute Gasteiger partial charge is 0.352 e. The van der Waals surface area contributed by atoms with Crippen molar-refractivity contribution >= 4 is 23.5 Å². The summed E-state index contributed by atoms with van der Waals surface area (Å²) in [5, 5.41) is 3.41. The number of rotatable bonds is 5. The number of hydrogen-bond acceptors (Lipinski definition) is 2. The Kier molecular flexibility index (Phi) is 6.94. The fourth-order valence-corrected chi connectivity index (χ4v) is 4.06. The van der Waals surface area contributed by atoms with Crippen LogP contribution >= 0.6 is 11.6 Å². The molecule has 0 bridgehead atoms. The summed E-state index contributed by atoms with van der Waals surface area (Å²) < 4.78 is 13.2. The summed E-state index contributed by atoms with van der Waals surface area (Å²) in [6, 6.07) is 4.22. The summed E-state index contributed by atoms with van der Waals surface area (Å²) in [6.07, 6.45) is 8.11. The van der Waals surface area contributed by atoms with Crippen molar-refractivity contribution in [2.45, 2.75) is 57.5 Å². The molecular weight excluding hydrogens is 369 g/mol. The molecule has 2 fully saturated rings. The van der Waals surface area contributed by atoms with Crippen LogP contribution in [-0.4, -0.2) is 47.4 Å². The minimum Gasteiger partial charge on any atom is -0.352 e. The van der Waals surface area contributed by atoms with Gasteiger partial charge in [0.05, 0.1) is 0 Å². The van der Waals surface area contributed by atoms with E-state index < -0.39 is 5.82 Å². The van der Waals surface area contributed by atoms with Crippen LogP contribution in [0.2, 0.25) is 5.02 Å². The molecule has 0 spiro atoms. The Hall–Kier alpha value is -1.82. The van der Waals surface area contributed by atoms with E-state index in [1.54, 1.807) is 15.9 Å². The topological polar surface area (TPSA) is 52.7 Å². The Balaban J connectivity index is 1.49. The van der Waals surface area contributed by atoms with Gasteiger partial charge in [0.15, 0.2) is 0 Å². The lowest BCUT2D eigenvalue weighted by atomic mass is 9.97. The van der Waals surface area contributed by atoms with E-state index in [2.05, 4.69) is 5.32 Å². The van der Waals surface area contributed by atoms with Crippen molar-refractivity contribution in [2.75, 3.05) is 19.6 Å². The number of urea groups is 1. The van der Waals surface area contributed by atoms with Gasteiger partial charge in [0.25, 0.3) is 0 Å². The molecule has 0 unspecified atom stereocenters. The molecule has 1 aliphatic carbocycles. The lowest BCUT2D eigenvalue weighted by Gasteiger charge is -2.23. The maximum absolute atomic E-state index is 13.2. The number of hydrogen-bond donors (Lipinski definition) is 1. The second-order valence-corrected chi connectivity index (χ2v) is 7.88. The molecule has 3 rings (SSSR count). The Bertz CT molecular complexity index is 677. The van der Waals surface area contributed by atoms with Gasteiger partial charge in [-0.25, -0.2) is 9.18 Å². The molecule has 7 heteroatoms. The number of halogens is 2. The van der Waals surface area contributed by atoms with Crippen LogP contribution < -0.4 is 5.32 Å². The van der Waals surface area contributed by atoms with Gasteiger partial charge in [-0.2, -0.15) is 0 Å². The first kappa shape index (κ1) is 19.9. The smallest absolute Gasteiger partial charge is 0.320 e. The summed E-state index contributed by atoms with van der Waals surface area (Å²) in [5.41, 5.74) is 0.701. The first-order valence-electron chi connectivity index (χ1n) is 9.80. The molecular formula is C20H27ClFN3O2. The van der Waals surface area contributed by atoms with E-state index in [-0.39, 0.29) is 24.5 Å². The van der Waals surface area contributed by atoms with Crippen molar-refractivity contribution < 1.29 is 14.0 Å². The van der Waals surface area contributed by atoms with Gasteiger partial charge in [0.2, 0.25) is 5.91 Å². The van der Waals surface area contributed by atoms with Crippen LogP contribution in [0.15, 0.2) is 18.2 Å². The normalized spacial score (nSPS) is 19.1. The molecule has 0 aromatic heterocycles. The molecule has 1 aromatic carbocycles. The highest BCUT2D eigenvalue weighted by molar-refractivity contribution is 6.31. The van der Waals surface area contributed by atoms with Gasteiger partial charge in [-0.05, 0) is 30.5 Å². The summed E-state index contributed by atoms with van der Waals surface area (Å²) in [5.74, 6) is -0.486. The first-order chi connectivity index (χ1) is 13.0. The molecule has 1 N–H and O–H groups in total. The van der Waals surface area contributed by atoms with Crippen LogP contribution in [0.1, 0.15) is 50.5 Å². The van der Waals surface area contributed by atoms with Gasteiger partial charge >= 0.3 is 6.03 Å². The van der Waals surface area contributed by atoms with Crippen LogP contribution in [-0.2, 0) is 11.3 Å². The van der Waals surface area contributed by atoms with Crippen molar-refractivity contribution in [1.82, 2.24) is 15.1 Å². The highest BCUT2D eigenvalue weighted by Crippen LogP contribution is 2.21. The number of amides is 3. The third-order valence-electron chi connectivity index (χ3n) is 5.36. The number of nitrogens with zero attached hydrogens (tertiary/aromatic N) is 2. The zero-order valence-electron chi connectivity index (χ0n) is 15.6. The summed E-state index contributed by atoms with van der Waals surface area (Å²) >= 11 is 6.05. The number of nitrogens with one attached hydrogen (secondary N) is 1. The minimum atomic E-state index is -0.399. The van der Waals surface area contributed by atoms with E-state index in [1.165, 1.54) is 31.4 Å². The van der Waals surface area contributed by atoms with E-state index >= 15 is 0 Å². The zero-order valence-corrected chi connectivity index (χ0v) is 16.3. The van der Waals surface area contributed by atoms with Gasteiger partial charge in [0, 0.05) is 30.7 Å². The molecule has 1 aromatic rings. The maximum Gasteiger partial charge on any atom is 0.320 e. The van der Waals surface area contributed by atoms with Crippen molar-refractivity contribution in [1.29, 1.82) is 0 Å². The lowest BCUT2D eigenvalue weighted by Crippen LogP contribution is -2.43. The van der Waals surface area contributed by atoms with Gasteiger partial charge in [-0.3, -0.25) is 4.79 Å². The summed E-state index contributed by atoms with van der Waals surface area (Å²) in [6.45, 7) is 1.45. The van der Waals surface area contributed by atoms with Gasteiger partial charge in [0.1, 0.15) is 12.4 Å². The van der Waals surface area contributed by atoms with Crippen LogP contribution in [0.5, 0.6) is 0 Å². The second kappa shape index (κ2) is 9.40. The van der Waals surface area contributed by atoms with E-state index in [0.717, 1.165) is 25.7 Å². The predicted molar refractivity (Wildman–Crippen MR) is 103 cm³/mol. The van der Waals surface area contributed by atoms with Gasteiger partial charge < -0.3 is 15.1 Å². The Morgan fingerprint density at radius 1 is 1.11 bits per heavy atom. The molecule has 0 radical (unpaired) electrons. The Morgan fingerprint density at radius 3 is 2.48 bits per heavy atom. The van der Waals surface area contributed by atoms with Crippen molar-refractivity contribution in [3.63, 3.8) is 0 Å². The van der Waals surface area contributed by atoms with Crippen LogP contribution in [0.4, 0.5) is 9.18 Å². The number of benzene rings is 1. The Morgan fingerprint density at radius 2 is 1.78 bits per heavy atom. The lowest BCUT2D eigenvalue weighted by molar-refractivity contribution is -0.122. The van der Waals surface area contributed by atoms with E-state index in [1.807, 2.05) is 0 Å². The third-order valence-corrected chi connectivity index (χ3v) is 5.71. The molecule has 5 nitrogen and oxygen atoms in total. The Labute approximate surface area is 164 Å². The van der Waals surface area contributed by atoms with E-state index in [9.17, 15) is 14.0 Å². The minimum absolute atomic E-state index is 0.0863. The summed E-state index contributed by atoms with van der Waals surface area (Å²) in [7, 11) is 0. The summed E-state index contributed by atoms with van der Waals surface area (Å²) in [4.78, 5) is 28.2. The first-order valence-corrected chi connectivity index (χ1v) is 10.2. The average molecular weight is 396 g/mol. The fourth-order valence-electron chi connectivity index (χ4n) is 3.83. The number of carbonyl (C=O) groups excluding carboxylic acids is 2. The van der Waals surface area contributed by atoms with E-state index in [4.69, 9.17) is 11.6 Å². The van der Waals surface area contributed by atoms with Gasteiger partial charge in [-0.1, -0.05) is 49.8 Å². The highest BCUT2D eigenvalue weighted by atomic mass is 35.5. The SMILES string of the molecule is O=C(CN1CCN(Cc2ccc(F)cc2Cl)C1=O)NC1CCCCCCC1. The van der Waals surface area contributed by atoms with Crippen molar-refractivity contribution in [3.05, 3.63) is 34.6 Å². The molecule has 0 atom stereocenters. The molecule has 1 heterocycles. The highest BCUT2D eigenvalue weighted by Gasteiger charge is 2.30. The molecule has 148 valence electrons. The maximum atomic E-state index is 13.2. The monoisotopic (exact) mass is 395 g/mol. The molecule has 1 saturated heterocycles. The van der Waals surface area contributed by atoms with E-state index in [0.29, 0.717) is 30.2 Å². The molecule has 27 heavy (non-hydrogen) atoms. The van der Waals surface area contributed by atoms with Gasteiger partial charge in [-0.15, -0.1) is 0 Å². The number of carbonyl (C=O) groups is 2. The van der Waals surface area contributed by atoms with Crippen molar-refractivity contribution in [3.8, 4) is 0 Å². The molecule has 2 aliphatic rings. The third kappa shape index (κ3) is 5.58. The second-order valence-electron chi connectivity index (χ2n) is 7.47. The fraction of sp³-hybridized carbons (Fsp3) is 0.600. The standard InChI is InChI=1S/C20H27ClFN3O2/c21-18-12-16(22)9-8-15(18)13-24-10-11-25(20(24)27)14-19(26)23-17-6-4-2-1-3-5-7-17/h8-9,12,17H,1-7,10-11,13-14H2,(H,23,26). The van der Waals surface area contributed by atoms with Crippen LogP contribution in [0.3, 0.4) is 0 Å². The average Bonchev–Trinajstić information content (AvgIpc) is 2.93.